The molecule has 1 fully saturated rings. The van der Waals surface area contributed by atoms with Crippen LogP contribution >= 0.6 is 10.6 Å². The first-order valence-electron chi connectivity index (χ1n) is 3.49. The van der Waals surface area contributed by atoms with E-state index in [1.165, 1.54) is 0 Å². The van der Waals surface area contributed by atoms with Gasteiger partial charge in [-0.3, -0.25) is 14.0 Å². The third-order valence-electron chi connectivity index (χ3n) is 1.77. The highest BCUT2D eigenvalue weighted by molar-refractivity contribution is 8.24. The van der Waals surface area contributed by atoms with Crippen molar-refractivity contribution >= 4 is 10.6 Å². The molecule has 2 N–H and O–H groups in total. The Kier molecular flexibility index (Phi) is 2.79. The van der Waals surface area contributed by atoms with E-state index in [-0.39, 0.29) is 0 Å². The number of nitrogens with zero attached hydrogens (tertiary/aromatic N) is 1. The third-order valence-corrected chi connectivity index (χ3v) is 3.44. The van der Waals surface area contributed by atoms with Gasteiger partial charge in [-0.25, -0.2) is 0 Å². The van der Waals surface area contributed by atoms with Crippen LogP contribution in [0.3, 0.4) is 0 Å². The fourth-order valence-electron chi connectivity index (χ4n) is 1.03. The molecule has 1 aliphatic rings. The molecule has 1 aliphatic heterocycles. The van der Waals surface area contributed by atoms with Crippen molar-refractivity contribution in [2.24, 2.45) is 0 Å². The first-order chi connectivity index (χ1) is 5.14. The van der Waals surface area contributed by atoms with Gasteiger partial charge in [0.05, 0.1) is 18.1 Å². The summed E-state index contributed by atoms with van der Waals surface area (Å²) >= 11 is 0. The lowest BCUT2D eigenvalue weighted by molar-refractivity contribution is 0.317. The van der Waals surface area contributed by atoms with Gasteiger partial charge in [0.1, 0.15) is 0 Å². The third kappa shape index (κ3) is 2.72. The summed E-state index contributed by atoms with van der Waals surface area (Å²) in [6.07, 6.45) is 6.73. The van der Waals surface area contributed by atoms with E-state index in [1.807, 2.05) is 4.90 Å². The van der Waals surface area contributed by atoms with Gasteiger partial charge in [0.2, 0.25) is 0 Å². The molecule has 0 unspecified atom stereocenters. The molecule has 1 rings (SSSR count). The van der Waals surface area contributed by atoms with E-state index >= 15 is 0 Å². The summed E-state index contributed by atoms with van der Waals surface area (Å²) in [4.78, 5) is 1.99. The van der Waals surface area contributed by atoms with Crippen LogP contribution < -0.4 is 0 Å². The van der Waals surface area contributed by atoms with Gasteiger partial charge in [-0.1, -0.05) is 5.92 Å². The minimum Gasteiger partial charge on any atom is -0.299 e. The molecule has 0 bridgehead atoms. The van der Waals surface area contributed by atoms with Crippen molar-refractivity contribution in [3.63, 3.8) is 0 Å². The minimum atomic E-state index is -2.26. The molecule has 1 saturated heterocycles. The van der Waals surface area contributed by atoms with E-state index in [0.29, 0.717) is 31.1 Å². The fourth-order valence-corrected chi connectivity index (χ4v) is 2.34. The zero-order valence-electron chi connectivity index (χ0n) is 6.29. The maximum Gasteiger partial charge on any atom is 0.0612 e. The molecule has 0 saturated carbocycles. The molecule has 11 heavy (non-hydrogen) atoms. The van der Waals surface area contributed by atoms with E-state index in [9.17, 15) is 9.11 Å². The van der Waals surface area contributed by atoms with E-state index in [0.717, 1.165) is 0 Å². The average Bonchev–Trinajstić information content (AvgIpc) is 1.94. The van der Waals surface area contributed by atoms with Gasteiger partial charge in [-0.2, -0.15) is 10.6 Å². The van der Waals surface area contributed by atoms with E-state index in [2.05, 4.69) is 5.92 Å². The van der Waals surface area contributed by atoms with Crippen LogP contribution in [0.15, 0.2) is 0 Å². The fraction of sp³-hybridized carbons (Fsp3) is 0.714. The Morgan fingerprint density at radius 3 is 2.36 bits per heavy atom. The second-order valence-electron chi connectivity index (χ2n) is 2.66. The second-order valence-corrected chi connectivity index (χ2v) is 5.08. The SMILES string of the molecule is [C]#CCN1CCS(O)(O)CC1. The molecule has 0 spiro atoms. The van der Waals surface area contributed by atoms with Crippen molar-refractivity contribution in [3.8, 4) is 5.92 Å². The summed E-state index contributed by atoms with van der Waals surface area (Å²) in [7, 11) is -2.26. The van der Waals surface area contributed by atoms with Crippen LogP contribution in [-0.2, 0) is 0 Å². The lowest BCUT2D eigenvalue weighted by atomic mass is 10.5. The van der Waals surface area contributed by atoms with Crippen LogP contribution in [0.25, 0.3) is 0 Å². The van der Waals surface area contributed by atoms with Crippen molar-refractivity contribution < 1.29 is 9.11 Å². The van der Waals surface area contributed by atoms with Crippen molar-refractivity contribution in [1.82, 2.24) is 4.90 Å². The van der Waals surface area contributed by atoms with Gasteiger partial charge in [-0.05, 0) is 6.42 Å². The molecule has 0 aliphatic carbocycles. The van der Waals surface area contributed by atoms with Gasteiger partial charge in [0.25, 0.3) is 0 Å². The molecule has 0 aromatic heterocycles. The second kappa shape index (κ2) is 3.46. The Labute approximate surface area is 68.7 Å². The predicted octanol–water partition coefficient (Wildman–Crippen LogP) is 0.642. The van der Waals surface area contributed by atoms with E-state index < -0.39 is 10.6 Å². The van der Waals surface area contributed by atoms with Crippen molar-refractivity contribution in [2.75, 3.05) is 31.1 Å². The van der Waals surface area contributed by atoms with E-state index in [1.54, 1.807) is 0 Å². The normalized spacial score (nSPS) is 27.4. The Bertz CT molecular complexity index is 166. The van der Waals surface area contributed by atoms with E-state index in [4.69, 9.17) is 6.42 Å². The lowest BCUT2D eigenvalue weighted by Gasteiger charge is -2.40. The first kappa shape index (κ1) is 8.88. The van der Waals surface area contributed by atoms with Crippen molar-refractivity contribution in [2.45, 2.75) is 0 Å². The largest absolute Gasteiger partial charge is 0.299 e. The Hall–Kier alpha value is -0.210. The molecule has 1 radical (unpaired) electrons. The number of hydrogen-bond acceptors (Lipinski definition) is 3. The quantitative estimate of drug-likeness (QED) is 0.573. The molecule has 1 heterocycles. The van der Waals surface area contributed by atoms with Crippen molar-refractivity contribution in [1.29, 1.82) is 0 Å². The summed E-state index contributed by atoms with van der Waals surface area (Å²) < 4.78 is 18.4. The average molecular weight is 174 g/mol. The standard InChI is InChI=1S/C7H12NO2S/c1-2-3-8-4-6-11(9,10)7-5-8/h9-10H,3-7H2. The topological polar surface area (TPSA) is 43.7 Å². The molecule has 3 nitrogen and oxygen atoms in total. The Morgan fingerprint density at radius 1 is 1.36 bits per heavy atom. The summed E-state index contributed by atoms with van der Waals surface area (Å²) in [5, 5.41) is 0. The highest BCUT2D eigenvalue weighted by Crippen LogP contribution is 2.39. The van der Waals surface area contributed by atoms with Gasteiger partial charge >= 0.3 is 0 Å². The predicted molar refractivity (Wildman–Crippen MR) is 46.2 cm³/mol. The highest BCUT2D eigenvalue weighted by Gasteiger charge is 2.20. The van der Waals surface area contributed by atoms with Crippen LogP contribution in [0, 0.1) is 12.3 Å². The highest BCUT2D eigenvalue weighted by atomic mass is 32.3. The molecular formula is C7H12NO2S. The zero-order valence-corrected chi connectivity index (χ0v) is 7.10. The lowest BCUT2D eigenvalue weighted by Crippen LogP contribution is -2.38. The number of rotatable bonds is 1. The molecular weight excluding hydrogens is 162 g/mol. The Balaban J connectivity index is 2.32. The van der Waals surface area contributed by atoms with Crippen molar-refractivity contribution in [3.05, 3.63) is 6.42 Å². The van der Waals surface area contributed by atoms with Gasteiger partial charge in [0, 0.05) is 13.1 Å². The zero-order chi connectivity index (χ0) is 8.32. The van der Waals surface area contributed by atoms with Crippen LogP contribution in [-0.4, -0.2) is 45.1 Å². The molecule has 63 valence electrons. The molecule has 4 heteroatoms. The molecule has 0 aromatic carbocycles. The van der Waals surface area contributed by atoms with Crippen LogP contribution in [0.5, 0.6) is 0 Å². The first-order valence-corrected chi connectivity index (χ1v) is 5.38. The van der Waals surface area contributed by atoms with Gasteiger partial charge < -0.3 is 0 Å². The molecule has 0 amide bonds. The maximum atomic E-state index is 9.21. The minimum absolute atomic E-state index is 0.453. The monoisotopic (exact) mass is 174 g/mol. The maximum absolute atomic E-state index is 9.21. The number of hydrogen-bond donors (Lipinski definition) is 2. The molecule has 0 aromatic rings. The van der Waals surface area contributed by atoms with Crippen LogP contribution in [0.4, 0.5) is 0 Å². The van der Waals surface area contributed by atoms with Crippen LogP contribution in [0.1, 0.15) is 0 Å². The summed E-state index contributed by atoms with van der Waals surface area (Å²) in [6.45, 7) is 1.86. The summed E-state index contributed by atoms with van der Waals surface area (Å²) in [6, 6.07) is 0. The smallest absolute Gasteiger partial charge is 0.0612 e. The molecule has 0 atom stereocenters. The van der Waals surface area contributed by atoms with Crippen LogP contribution in [0.2, 0.25) is 0 Å². The summed E-state index contributed by atoms with van der Waals surface area (Å²) in [5.41, 5.74) is 0. The van der Waals surface area contributed by atoms with Gasteiger partial charge in [0.15, 0.2) is 0 Å². The summed E-state index contributed by atoms with van der Waals surface area (Å²) in [5.74, 6) is 3.19. The van der Waals surface area contributed by atoms with Gasteiger partial charge in [-0.15, -0.1) is 0 Å². The Morgan fingerprint density at radius 2 is 1.91 bits per heavy atom.